The third-order valence-corrected chi connectivity index (χ3v) is 6.56. The molecule has 2 aromatic rings. The molecule has 2 aromatic carbocycles. The van der Waals surface area contributed by atoms with Crippen molar-refractivity contribution in [2.75, 3.05) is 13.7 Å². The molecule has 0 saturated carbocycles. The fourth-order valence-corrected chi connectivity index (χ4v) is 4.64. The number of nitrogens with zero attached hydrogens (tertiary/aromatic N) is 1. The number of carbonyl (C=O) groups excluding carboxylic acids is 1. The summed E-state index contributed by atoms with van der Waals surface area (Å²) in [4.78, 5) is 14.3. The van der Waals surface area contributed by atoms with Gasteiger partial charge in [0.15, 0.2) is 0 Å². The van der Waals surface area contributed by atoms with Crippen LogP contribution in [-0.2, 0) is 15.7 Å². The van der Waals surface area contributed by atoms with E-state index in [1.807, 2.05) is 24.3 Å². The van der Waals surface area contributed by atoms with Crippen LogP contribution < -0.4 is 0 Å². The predicted octanol–water partition coefficient (Wildman–Crippen LogP) is 7.63. The second kappa shape index (κ2) is 11.4. The Kier molecular flexibility index (Phi) is 8.83. The topological polar surface area (TPSA) is 29.5 Å². The van der Waals surface area contributed by atoms with Crippen molar-refractivity contribution >= 4 is 17.6 Å². The van der Waals surface area contributed by atoms with E-state index in [-0.39, 0.29) is 24.0 Å². The fourth-order valence-electron chi connectivity index (χ4n) is 4.52. The molecule has 0 aromatic heterocycles. The van der Waals surface area contributed by atoms with Crippen LogP contribution in [0, 0.1) is 11.8 Å². The van der Waals surface area contributed by atoms with Gasteiger partial charge >= 0.3 is 12.1 Å². The summed E-state index contributed by atoms with van der Waals surface area (Å²) in [5.74, 6) is 0.172. The molecule has 3 rings (SSSR count). The van der Waals surface area contributed by atoms with E-state index in [9.17, 15) is 18.0 Å². The van der Waals surface area contributed by atoms with Crippen molar-refractivity contribution in [3.8, 4) is 0 Å². The maximum atomic E-state index is 13.2. The van der Waals surface area contributed by atoms with Crippen LogP contribution >= 0.6 is 11.6 Å². The van der Waals surface area contributed by atoms with Crippen LogP contribution in [0.3, 0.4) is 0 Å². The first-order valence-electron chi connectivity index (χ1n) is 11.5. The zero-order valence-corrected chi connectivity index (χ0v) is 20.4. The van der Waals surface area contributed by atoms with Crippen LogP contribution in [0.1, 0.15) is 61.9 Å². The number of halogens is 4. The highest BCUT2D eigenvalue weighted by molar-refractivity contribution is 6.30. The van der Waals surface area contributed by atoms with Gasteiger partial charge in [0.1, 0.15) is 0 Å². The molecule has 3 nitrogen and oxygen atoms in total. The normalized spacial score (nSPS) is 20.6. The molecule has 0 radical (unpaired) electrons. The van der Waals surface area contributed by atoms with Crippen LogP contribution in [-0.4, -0.2) is 24.5 Å². The highest BCUT2D eigenvalue weighted by Crippen LogP contribution is 2.42. The van der Waals surface area contributed by atoms with Gasteiger partial charge in [-0.25, -0.2) is 0 Å². The molecule has 34 heavy (non-hydrogen) atoms. The van der Waals surface area contributed by atoms with E-state index in [4.69, 9.17) is 16.3 Å². The summed E-state index contributed by atoms with van der Waals surface area (Å²) in [7, 11) is 1.37. The Bertz CT molecular complexity index is 971. The maximum absolute atomic E-state index is 13.2. The lowest BCUT2D eigenvalue weighted by molar-refractivity contribution is -0.142. The summed E-state index contributed by atoms with van der Waals surface area (Å²) in [6.45, 7) is 4.90. The minimum absolute atomic E-state index is 0.0777. The summed E-state index contributed by atoms with van der Waals surface area (Å²) in [5, 5.41) is 0.645. The van der Waals surface area contributed by atoms with Gasteiger partial charge in [-0.15, -0.1) is 0 Å². The van der Waals surface area contributed by atoms with E-state index in [1.54, 1.807) is 12.1 Å². The number of methoxy groups -OCH3 is 1. The average molecular weight is 494 g/mol. The monoisotopic (exact) mass is 493 g/mol. The van der Waals surface area contributed by atoms with E-state index in [1.165, 1.54) is 7.11 Å². The molecule has 0 N–H and O–H groups in total. The highest BCUT2D eigenvalue weighted by Gasteiger charge is 2.36. The SMILES string of the molecule is COC(=O)C[C@@H]1CCN([C@@H](/C=C\C(C)C)c2ccc(Cl)cc2)[C@H](c2ccc(C(F)(F)F)cc2)C1. The zero-order valence-electron chi connectivity index (χ0n) is 19.7. The number of hydrogen-bond acceptors (Lipinski definition) is 3. The Balaban J connectivity index is 1.99. The van der Waals surface area contributed by atoms with Crippen molar-refractivity contribution in [3.63, 3.8) is 0 Å². The van der Waals surface area contributed by atoms with Gasteiger partial charge in [-0.2, -0.15) is 13.2 Å². The van der Waals surface area contributed by atoms with Gasteiger partial charge in [-0.1, -0.05) is 61.9 Å². The van der Waals surface area contributed by atoms with Gasteiger partial charge in [0.05, 0.1) is 18.7 Å². The maximum Gasteiger partial charge on any atom is 0.416 e. The molecule has 7 heteroatoms. The molecule has 1 heterocycles. The molecule has 1 aliphatic heterocycles. The van der Waals surface area contributed by atoms with Gasteiger partial charge in [0.25, 0.3) is 0 Å². The largest absolute Gasteiger partial charge is 0.469 e. The van der Waals surface area contributed by atoms with E-state index < -0.39 is 11.7 Å². The molecule has 0 amide bonds. The first-order valence-corrected chi connectivity index (χ1v) is 11.9. The molecule has 1 aliphatic rings. The number of hydrogen-bond donors (Lipinski definition) is 0. The van der Waals surface area contributed by atoms with E-state index in [0.29, 0.717) is 30.3 Å². The summed E-state index contributed by atoms with van der Waals surface area (Å²) < 4.78 is 44.3. The first kappa shape index (κ1) is 26.3. The van der Waals surface area contributed by atoms with Gasteiger partial charge in [0, 0.05) is 17.5 Å². The minimum Gasteiger partial charge on any atom is -0.469 e. The van der Waals surface area contributed by atoms with Gasteiger partial charge in [0.2, 0.25) is 0 Å². The quantitative estimate of drug-likeness (QED) is 0.293. The predicted molar refractivity (Wildman–Crippen MR) is 128 cm³/mol. The van der Waals surface area contributed by atoms with E-state index in [0.717, 1.165) is 29.7 Å². The molecule has 1 fully saturated rings. The van der Waals surface area contributed by atoms with Crippen molar-refractivity contribution in [3.05, 3.63) is 82.4 Å². The Morgan fingerprint density at radius 1 is 1.12 bits per heavy atom. The summed E-state index contributed by atoms with van der Waals surface area (Å²) in [5.41, 5.74) is 1.20. The lowest BCUT2D eigenvalue weighted by Gasteiger charge is -2.43. The molecule has 0 unspecified atom stereocenters. The lowest BCUT2D eigenvalue weighted by atomic mass is 9.83. The van der Waals surface area contributed by atoms with Crippen molar-refractivity contribution in [2.24, 2.45) is 11.8 Å². The molecular formula is C27H31ClF3NO2. The van der Waals surface area contributed by atoms with Gasteiger partial charge < -0.3 is 4.74 Å². The van der Waals surface area contributed by atoms with E-state index >= 15 is 0 Å². The van der Waals surface area contributed by atoms with Crippen molar-refractivity contribution in [1.29, 1.82) is 0 Å². The Hall–Kier alpha value is -2.31. The number of rotatable bonds is 7. The van der Waals surface area contributed by atoms with Crippen molar-refractivity contribution in [2.45, 2.75) is 51.4 Å². The second-order valence-corrected chi connectivity index (χ2v) is 9.61. The third kappa shape index (κ3) is 6.86. The third-order valence-electron chi connectivity index (χ3n) is 6.31. The second-order valence-electron chi connectivity index (χ2n) is 9.17. The molecular weight excluding hydrogens is 463 g/mol. The standard InChI is InChI=1S/C27H31ClF3NO2/c1-18(2)4-13-24(20-7-11-23(28)12-8-20)32-15-14-19(17-26(33)34-3)16-25(32)21-5-9-22(10-6-21)27(29,30)31/h4-13,18-19,24-25H,14-17H2,1-3H3/b13-4-/t19-,24+,25+/m1/s1. The molecule has 0 spiro atoms. The number of piperidine rings is 1. The van der Waals surface area contributed by atoms with Crippen LogP contribution in [0.5, 0.6) is 0 Å². The van der Waals surface area contributed by atoms with Crippen LogP contribution in [0.15, 0.2) is 60.7 Å². The van der Waals surface area contributed by atoms with Crippen LogP contribution in [0.4, 0.5) is 13.2 Å². The minimum atomic E-state index is -4.38. The Morgan fingerprint density at radius 3 is 2.32 bits per heavy atom. The average Bonchev–Trinajstić information content (AvgIpc) is 2.80. The van der Waals surface area contributed by atoms with Crippen LogP contribution in [0.25, 0.3) is 0 Å². The Labute approximate surface area is 204 Å². The number of alkyl halides is 3. The summed E-state index contributed by atoms with van der Waals surface area (Å²) >= 11 is 6.12. The van der Waals surface area contributed by atoms with Crippen LogP contribution in [0.2, 0.25) is 5.02 Å². The molecule has 0 bridgehead atoms. The number of allylic oxidation sites excluding steroid dienone is 1. The number of carbonyl (C=O) groups is 1. The van der Waals surface area contributed by atoms with Gasteiger partial charge in [-0.3, -0.25) is 9.69 Å². The number of likely N-dealkylation sites (tertiary alicyclic amines) is 1. The molecule has 1 saturated heterocycles. The Morgan fingerprint density at radius 2 is 1.76 bits per heavy atom. The molecule has 184 valence electrons. The fraction of sp³-hybridized carbons (Fsp3) is 0.444. The van der Waals surface area contributed by atoms with Crippen molar-refractivity contribution < 1.29 is 22.7 Å². The van der Waals surface area contributed by atoms with E-state index in [2.05, 4.69) is 30.9 Å². The lowest BCUT2D eigenvalue weighted by Crippen LogP contribution is -2.39. The van der Waals surface area contributed by atoms with Gasteiger partial charge in [-0.05, 0) is 66.6 Å². The number of ether oxygens (including phenoxy) is 1. The van der Waals surface area contributed by atoms with Crippen molar-refractivity contribution in [1.82, 2.24) is 4.90 Å². The highest BCUT2D eigenvalue weighted by atomic mass is 35.5. The number of esters is 1. The molecule has 0 aliphatic carbocycles. The molecule has 3 atom stereocenters. The smallest absolute Gasteiger partial charge is 0.416 e. The summed E-state index contributed by atoms with van der Waals surface area (Å²) in [6, 6.07) is 12.8. The summed E-state index contributed by atoms with van der Waals surface area (Å²) in [6.07, 6.45) is 1.67. The zero-order chi connectivity index (χ0) is 24.9. The first-order chi connectivity index (χ1) is 16.1. The number of benzene rings is 2.